The smallest absolute Gasteiger partial charge is 0.407 e. The molecule has 1 aromatic carbocycles. The molecule has 0 spiro atoms. The number of thiazole rings is 1. The van der Waals surface area contributed by atoms with Gasteiger partial charge in [-0.2, -0.15) is 0 Å². The van der Waals surface area contributed by atoms with E-state index in [1.54, 1.807) is 11.3 Å². The number of piperazine rings is 1. The molecule has 2 fully saturated rings. The van der Waals surface area contributed by atoms with Crippen LogP contribution in [0.25, 0.3) is 10.4 Å². The molecule has 45 heavy (non-hydrogen) atoms. The Morgan fingerprint density at radius 3 is 2.40 bits per heavy atom. The summed E-state index contributed by atoms with van der Waals surface area (Å²) < 4.78 is 5.56. The van der Waals surface area contributed by atoms with Crippen molar-refractivity contribution in [2.75, 3.05) is 52.5 Å². The highest BCUT2D eigenvalue weighted by atomic mass is 32.1. The van der Waals surface area contributed by atoms with Crippen LogP contribution in [0.5, 0.6) is 0 Å². The van der Waals surface area contributed by atoms with Gasteiger partial charge in [-0.25, -0.2) is 9.78 Å². The number of likely N-dealkylation sites (tertiary alicyclic amines) is 1. The molecule has 14 heteroatoms. The number of carboxylic acid groups (broad SMARTS) is 1. The SMILES string of the molecule is Cc1ncsc1-c1ccc(CNC(=O)[C@@H]2C[C@@H](O)CN2C(=O)[C@@H](NC(=O)COCCN2CCN(C(=O)O)CC2)C(C)(C)C)cc1. The number of carbonyl (C=O) groups is 4. The number of aliphatic hydroxyl groups is 1. The minimum absolute atomic E-state index is 0.00604. The van der Waals surface area contributed by atoms with Gasteiger partial charge in [0.2, 0.25) is 17.7 Å². The van der Waals surface area contributed by atoms with Crippen LogP contribution >= 0.6 is 11.3 Å². The molecule has 0 saturated carbocycles. The fraction of sp³-hybridized carbons (Fsp3) is 0.581. The molecule has 2 saturated heterocycles. The first-order chi connectivity index (χ1) is 21.3. The van der Waals surface area contributed by atoms with Gasteiger partial charge in [-0.1, -0.05) is 45.0 Å². The Balaban J connectivity index is 1.28. The average Bonchev–Trinajstić information content (AvgIpc) is 3.61. The summed E-state index contributed by atoms with van der Waals surface area (Å²) in [6.45, 7) is 10.3. The first-order valence-electron chi connectivity index (χ1n) is 15.2. The van der Waals surface area contributed by atoms with E-state index in [0.717, 1.165) is 21.7 Å². The Morgan fingerprint density at radius 1 is 1.11 bits per heavy atom. The maximum Gasteiger partial charge on any atom is 0.407 e. The predicted octanol–water partition coefficient (Wildman–Crippen LogP) is 1.54. The lowest BCUT2D eigenvalue weighted by Gasteiger charge is -2.35. The van der Waals surface area contributed by atoms with Crippen LogP contribution in [-0.2, 0) is 25.7 Å². The zero-order valence-corrected chi connectivity index (χ0v) is 27.1. The highest BCUT2D eigenvalue weighted by molar-refractivity contribution is 7.13. The number of hydrogen-bond donors (Lipinski definition) is 4. The highest BCUT2D eigenvalue weighted by Gasteiger charge is 2.44. The molecule has 0 bridgehead atoms. The third-order valence-electron chi connectivity index (χ3n) is 8.14. The number of nitrogens with one attached hydrogen (secondary N) is 2. The number of aromatic nitrogens is 1. The Morgan fingerprint density at radius 2 is 1.80 bits per heavy atom. The van der Waals surface area contributed by atoms with Crippen molar-refractivity contribution in [3.63, 3.8) is 0 Å². The second kappa shape index (κ2) is 15.1. The second-order valence-electron chi connectivity index (χ2n) is 12.6. The molecule has 4 N–H and O–H groups in total. The van der Waals surface area contributed by atoms with Gasteiger partial charge in [0.1, 0.15) is 18.7 Å². The molecule has 3 atom stereocenters. The van der Waals surface area contributed by atoms with Crippen molar-refractivity contribution in [2.45, 2.75) is 58.8 Å². The van der Waals surface area contributed by atoms with Gasteiger partial charge >= 0.3 is 6.09 Å². The molecule has 4 amide bonds. The molecule has 246 valence electrons. The first kappa shape index (κ1) is 34.3. The summed E-state index contributed by atoms with van der Waals surface area (Å²) in [6.07, 6.45) is -1.68. The molecule has 3 heterocycles. The number of nitrogens with zero attached hydrogens (tertiary/aromatic N) is 4. The topological polar surface area (TPSA) is 165 Å². The maximum absolute atomic E-state index is 13.8. The molecule has 13 nitrogen and oxygen atoms in total. The van der Waals surface area contributed by atoms with E-state index in [4.69, 9.17) is 9.84 Å². The summed E-state index contributed by atoms with van der Waals surface area (Å²) in [4.78, 5) is 61.1. The summed E-state index contributed by atoms with van der Waals surface area (Å²) in [6, 6.07) is 6.04. The number of hydrogen-bond acceptors (Lipinski definition) is 9. The quantitative estimate of drug-likeness (QED) is 0.266. The van der Waals surface area contributed by atoms with Crippen LogP contribution in [0.4, 0.5) is 4.79 Å². The van der Waals surface area contributed by atoms with Gasteiger partial charge in [-0.3, -0.25) is 19.3 Å². The fourth-order valence-corrected chi connectivity index (χ4v) is 6.32. The minimum atomic E-state index is -0.943. The average molecular weight is 645 g/mol. The molecular weight excluding hydrogens is 600 g/mol. The van der Waals surface area contributed by atoms with E-state index in [9.17, 15) is 24.3 Å². The fourth-order valence-electron chi connectivity index (χ4n) is 5.50. The van der Waals surface area contributed by atoms with E-state index in [0.29, 0.717) is 32.7 Å². The number of amides is 4. The Hall–Kier alpha value is -3.59. The molecule has 2 aromatic rings. The third-order valence-corrected chi connectivity index (χ3v) is 9.12. The number of benzene rings is 1. The first-order valence-corrected chi connectivity index (χ1v) is 16.0. The summed E-state index contributed by atoms with van der Waals surface area (Å²) in [5.41, 5.74) is 4.05. The van der Waals surface area contributed by atoms with Gasteiger partial charge in [0.05, 0.1) is 28.8 Å². The second-order valence-corrected chi connectivity index (χ2v) is 13.5. The third kappa shape index (κ3) is 9.22. The van der Waals surface area contributed by atoms with Crippen molar-refractivity contribution in [3.8, 4) is 10.4 Å². The van der Waals surface area contributed by atoms with Crippen LogP contribution in [0, 0.1) is 12.3 Å². The van der Waals surface area contributed by atoms with Gasteiger partial charge in [0, 0.05) is 52.2 Å². The number of carbonyl (C=O) groups excluding carboxylic acids is 3. The Bertz CT molecular complexity index is 1340. The standard InChI is InChI=1S/C31H44N6O7S/c1-20-26(45-19-33-20)22-7-5-21(6-8-22)16-32-28(40)24-15-23(38)17-37(24)29(41)27(31(2,3)4)34-25(39)18-44-14-13-35-9-11-36(12-10-35)30(42)43/h5-8,19,23-24,27,38H,9-18H2,1-4H3,(H,32,40)(H,34,39)(H,42,43)/t23-,24+,27-/m1/s1. The molecule has 2 aliphatic rings. The van der Waals surface area contributed by atoms with E-state index >= 15 is 0 Å². The van der Waals surface area contributed by atoms with Crippen LogP contribution < -0.4 is 10.6 Å². The number of aliphatic hydroxyl groups excluding tert-OH is 1. The lowest BCUT2D eigenvalue weighted by Crippen LogP contribution is -2.58. The zero-order valence-electron chi connectivity index (χ0n) is 26.3. The minimum Gasteiger partial charge on any atom is -0.465 e. The molecular formula is C31H44N6O7S. The largest absolute Gasteiger partial charge is 0.465 e. The van der Waals surface area contributed by atoms with E-state index in [1.807, 2.05) is 57.5 Å². The van der Waals surface area contributed by atoms with Gasteiger partial charge in [0.15, 0.2) is 0 Å². The number of β-amino-alcohol motifs (C(OH)–C–C–N with tert-alkyl or cyclic N) is 1. The van der Waals surface area contributed by atoms with Crippen molar-refractivity contribution in [1.82, 2.24) is 30.3 Å². The van der Waals surface area contributed by atoms with Gasteiger partial charge in [-0.05, 0) is 23.5 Å². The molecule has 4 rings (SSSR count). The van der Waals surface area contributed by atoms with E-state index in [-0.39, 0.29) is 38.6 Å². The normalized spacial score (nSPS) is 19.8. The van der Waals surface area contributed by atoms with Gasteiger partial charge in [-0.15, -0.1) is 11.3 Å². The summed E-state index contributed by atoms with van der Waals surface area (Å²) in [7, 11) is 0. The van der Waals surface area contributed by atoms with Crippen LogP contribution in [0.3, 0.4) is 0 Å². The van der Waals surface area contributed by atoms with E-state index < -0.39 is 41.5 Å². The van der Waals surface area contributed by atoms with Crippen LogP contribution in [0.15, 0.2) is 29.8 Å². The van der Waals surface area contributed by atoms with E-state index in [2.05, 4.69) is 20.5 Å². The van der Waals surface area contributed by atoms with Crippen molar-refractivity contribution in [2.24, 2.45) is 5.41 Å². The van der Waals surface area contributed by atoms with Gasteiger partial charge < -0.3 is 35.4 Å². The van der Waals surface area contributed by atoms with Crippen molar-refractivity contribution >= 4 is 35.2 Å². The molecule has 2 aliphatic heterocycles. The van der Waals surface area contributed by atoms with Crippen molar-refractivity contribution in [1.29, 1.82) is 0 Å². The van der Waals surface area contributed by atoms with Crippen LogP contribution in [-0.4, -0.2) is 124 Å². The summed E-state index contributed by atoms with van der Waals surface area (Å²) >= 11 is 1.57. The monoisotopic (exact) mass is 644 g/mol. The highest BCUT2D eigenvalue weighted by Crippen LogP contribution is 2.28. The van der Waals surface area contributed by atoms with Crippen LogP contribution in [0.2, 0.25) is 0 Å². The molecule has 0 unspecified atom stereocenters. The Labute approximate surface area is 267 Å². The van der Waals surface area contributed by atoms with Crippen molar-refractivity contribution < 1.29 is 34.1 Å². The van der Waals surface area contributed by atoms with Crippen molar-refractivity contribution in [3.05, 3.63) is 41.0 Å². The lowest BCUT2D eigenvalue weighted by molar-refractivity contribution is -0.144. The molecule has 0 radical (unpaired) electrons. The Kier molecular flexibility index (Phi) is 11.5. The predicted molar refractivity (Wildman–Crippen MR) is 169 cm³/mol. The molecule has 0 aliphatic carbocycles. The number of rotatable bonds is 11. The number of ether oxygens (including phenoxy) is 1. The molecule has 1 aromatic heterocycles. The van der Waals surface area contributed by atoms with Gasteiger partial charge in [0.25, 0.3) is 0 Å². The van der Waals surface area contributed by atoms with E-state index in [1.165, 1.54) is 9.80 Å². The zero-order chi connectivity index (χ0) is 32.7. The number of aryl methyl sites for hydroxylation is 1. The summed E-state index contributed by atoms with van der Waals surface area (Å²) in [5.74, 6) is -1.27. The lowest BCUT2D eigenvalue weighted by atomic mass is 9.85. The maximum atomic E-state index is 13.8. The van der Waals surface area contributed by atoms with Crippen LogP contribution in [0.1, 0.15) is 38.4 Å². The summed E-state index contributed by atoms with van der Waals surface area (Å²) in [5, 5.41) is 25.2.